The highest BCUT2D eigenvalue weighted by Gasteiger charge is 2.10. The Hall–Kier alpha value is -3.13. The van der Waals surface area contributed by atoms with Gasteiger partial charge in [0.05, 0.1) is 28.9 Å². The first-order valence-electron chi connectivity index (χ1n) is 6.47. The number of carbonyl (C=O) groups is 1. The number of hydrogen-bond donors (Lipinski definition) is 2. The normalized spacial score (nSPS) is 10.2. The molecule has 0 aliphatic heterocycles. The van der Waals surface area contributed by atoms with Crippen LogP contribution in [0.5, 0.6) is 0 Å². The number of rotatable bonds is 3. The number of carbonyl (C=O) groups excluding carboxylic acids is 1. The molecular weight excluding hydrogens is 264 g/mol. The number of nitrogens with one attached hydrogen (secondary N) is 2. The number of H-pyrrole nitrogens is 1. The number of benzene rings is 2. The van der Waals surface area contributed by atoms with E-state index >= 15 is 0 Å². The number of para-hydroxylation sites is 1. The van der Waals surface area contributed by atoms with Crippen molar-refractivity contribution in [2.45, 2.75) is 6.54 Å². The summed E-state index contributed by atoms with van der Waals surface area (Å²) in [5.74, 6) is -0.174. The van der Waals surface area contributed by atoms with E-state index in [9.17, 15) is 4.79 Å². The van der Waals surface area contributed by atoms with Crippen molar-refractivity contribution in [1.29, 1.82) is 5.26 Å². The molecule has 0 saturated heterocycles. The predicted molar refractivity (Wildman–Crippen MR) is 78.4 cm³/mol. The summed E-state index contributed by atoms with van der Waals surface area (Å²) in [6.45, 7) is 0.374. The van der Waals surface area contributed by atoms with Crippen LogP contribution in [0.1, 0.15) is 21.5 Å². The van der Waals surface area contributed by atoms with Crippen LogP contribution < -0.4 is 5.32 Å². The molecule has 102 valence electrons. The van der Waals surface area contributed by atoms with Crippen molar-refractivity contribution in [3.05, 3.63) is 65.4 Å². The zero-order chi connectivity index (χ0) is 14.7. The third-order valence-electron chi connectivity index (χ3n) is 3.23. The maximum atomic E-state index is 12.3. The lowest BCUT2D eigenvalue weighted by Crippen LogP contribution is -2.23. The van der Waals surface area contributed by atoms with Crippen molar-refractivity contribution < 1.29 is 4.79 Å². The molecule has 1 amide bonds. The molecule has 5 heteroatoms. The minimum absolute atomic E-state index is 0.174. The Kier molecular flexibility index (Phi) is 3.36. The van der Waals surface area contributed by atoms with Gasteiger partial charge in [-0.3, -0.25) is 9.89 Å². The molecule has 3 aromatic rings. The lowest BCUT2D eigenvalue weighted by atomic mass is 10.1. The number of aromatic amines is 1. The number of nitrogens with zero attached hydrogens (tertiary/aromatic N) is 2. The van der Waals surface area contributed by atoms with E-state index in [1.807, 2.05) is 18.2 Å². The second kappa shape index (κ2) is 5.47. The van der Waals surface area contributed by atoms with Crippen LogP contribution in [0.3, 0.4) is 0 Å². The summed E-state index contributed by atoms with van der Waals surface area (Å²) in [7, 11) is 0. The lowest BCUT2D eigenvalue weighted by molar-refractivity contribution is 0.0952. The lowest BCUT2D eigenvalue weighted by Gasteiger charge is -2.06. The summed E-state index contributed by atoms with van der Waals surface area (Å²) in [4.78, 5) is 12.3. The molecule has 3 rings (SSSR count). The average Bonchev–Trinajstić information content (AvgIpc) is 3.01. The summed E-state index contributed by atoms with van der Waals surface area (Å²) in [5.41, 5.74) is 2.75. The third kappa shape index (κ3) is 2.60. The molecule has 0 fully saturated rings. The van der Waals surface area contributed by atoms with Crippen molar-refractivity contribution in [2.75, 3.05) is 0 Å². The predicted octanol–water partition coefficient (Wildman–Crippen LogP) is 2.36. The second-order valence-corrected chi connectivity index (χ2v) is 4.63. The molecule has 0 atom stereocenters. The van der Waals surface area contributed by atoms with Gasteiger partial charge in [0.15, 0.2) is 0 Å². The van der Waals surface area contributed by atoms with Gasteiger partial charge in [0.1, 0.15) is 0 Å². The highest BCUT2D eigenvalue weighted by molar-refractivity contribution is 6.05. The minimum atomic E-state index is -0.174. The zero-order valence-electron chi connectivity index (χ0n) is 11.1. The Labute approximate surface area is 121 Å². The van der Waals surface area contributed by atoms with E-state index in [1.54, 1.807) is 30.5 Å². The van der Waals surface area contributed by atoms with E-state index in [2.05, 4.69) is 21.6 Å². The van der Waals surface area contributed by atoms with Crippen molar-refractivity contribution in [3.63, 3.8) is 0 Å². The number of hydrogen-bond acceptors (Lipinski definition) is 3. The molecule has 0 aliphatic carbocycles. The molecule has 1 heterocycles. The van der Waals surface area contributed by atoms with Gasteiger partial charge in [-0.2, -0.15) is 10.4 Å². The van der Waals surface area contributed by atoms with Gasteiger partial charge < -0.3 is 5.32 Å². The van der Waals surface area contributed by atoms with Gasteiger partial charge in [0.25, 0.3) is 5.91 Å². The van der Waals surface area contributed by atoms with Crippen molar-refractivity contribution in [3.8, 4) is 6.07 Å². The van der Waals surface area contributed by atoms with Crippen LogP contribution in [0.4, 0.5) is 0 Å². The molecule has 2 N–H and O–H groups in total. The number of nitriles is 1. The largest absolute Gasteiger partial charge is 0.348 e. The molecular formula is C16H12N4O. The quantitative estimate of drug-likeness (QED) is 0.770. The summed E-state index contributed by atoms with van der Waals surface area (Å²) in [6, 6.07) is 14.7. The first-order valence-corrected chi connectivity index (χ1v) is 6.47. The van der Waals surface area contributed by atoms with E-state index in [0.29, 0.717) is 17.7 Å². The van der Waals surface area contributed by atoms with Gasteiger partial charge >= 0.3 is 0 Å². The van der Waals surface area contributed by atoms with Crippen molar-refractivity contribution in [2.24, 2.45) is 0 Å². The van der Waals surface area contributed by atoms with E-state index in [-0.39, 0.29) is 5.91 Å². The van der Waals surface area contributed by atoms with Gasteiger partial charge in [0.2, 0.25) is 0 Å². The highest BCUT2D eigenvalue weighted by Crippen LogP contribution is 2.15. The van der Waals surface area contributed by atoms with Crippen molar-refractivity contribution >= 4 is 16.8 Å². The fourth-order valence-electron chi connectivity index (χ4n) is 2.19. The number of aromatic nitrogens is 2. The molecule has 1 aromatic heterocycles. The topological polar surface area (TPSA) is 81.6 Å². The zero-order valence-corrected chi connectivity index (χ0v) is 11.1. The maximum Gasteiger partial charge on any atom is 0.253 e. The van der Waals surface area contributed by atoms with Gasteiger partial charge in [-0.25, -0.2) is 0 Å². The van der Waals surface area contributed by atoms with E-state index in [1.165, 1.54) is 0 Å². The molecule has 0 aliphatic rings. The average molecular weight is 276 g/mol. The number of amides is 1. The molecule has 2 aromatic carbocycles. The summed E-state index contributed by atoms with van der Waals surface area (Å²) in [5, 5.41) is 19.4. The maximum absolute atomic E-state index is 12.3. The van der Waals surface area contributed by atoms with Gasteiger partial charge in [-0.05, 0) is 23.8 Å². The Morgan fingerprint density at radius 1 is 1.29 bits per heavy atom. The smallest absolute Gasteiger partial charge is 0.253 e. The van der Waals surface area contributed by atoms with Gasteiger partial charge in [0, 0.05) is 11.9 Å². The highest BCUT2D eigenvalue weighted by atomic mass is 16.1. The molecule has 0 saturated carbocycles. The second-order valence-electron chi connectivity index (χ2n) is 4.63. The molecule has 0 radical (unpaired) electrons. The first kappa shape index (κ1) is 12.9. The van der Waals surface area contributed by atoms with Crippen LogP contribution in [0.15, 0.2) is 48.7 Å². The van der Waals surface area contributed by atoms with E-state index in [4.69, 9.17) is 5.26 Å². The third-order valence-corrected chi connectivity index (χ3v) is 3.23. The monoisotopic (exact) mass is 276 g/mol. The van der Waals surface area contributed by atoms with Crippen LogP contribution in [0, 0.1) is 11.3 Å². The standard InChI is InChI=1S/C16H12N4O/c17-8-11-3-1-4-12(7-11)9-18-16(21)14-6-2-5-13-10-19-20-15(13)14/h1-7,10H,9H2,(H,18,21)(H,19,20). The fraction of sp³-hybridized carbons (Fsp3) is 0.0625. The Bertz CT molecular complexity index is 845. The SMILES string of the molecule is N#Cc1cccc(CNC(=O)c2cccc3cn[nH]c23)c1. The van der Waals surface area contributed by atoms with Crippen LogP contribution in [-0.2, 0) is 6.54 Å². The molecule has 0 spiro atoms. The minimum Gasteiger partial charge on any atom is -0.348 e. The first-order chi connectivity index (χ1) is 10.3. The summed E-state index contributed by atoms with van der Waals surface area (Å²) in [6.07, 6.45) is 1.68. The molecule has 0 unspecified atom stereocenters. The Morgan fingerprint density at radius 2 is 2.14 bits per heavy atom. The van der Waals surface area contributed by atoms with Crippen LogP contribution in [0.25, 0.3) is 10.9 Å². The van der Waals surface area contributed by atoms with Crippen LogP contribution in [-0.4, -0.2) is 16.1 Å². The summed E-state index contributed by atoms with van der Waals surface area (Å²) >= 11 is 0. The molecule has 0 bridgehead atoms. The summed E-state index contributed by atoms with van der Waals surface area (Å²) < 4.78 is 0. The number of fused-ring (bicyclic) bond motifs is 1. The molecule has 5 nitrogen and oxygen atoms in total. The van der Waals surface area contributed by atoms with Gasteiger partial charge in [-0.15, -0.1) is 0 Å². The fourth-order valence-corrected chi connectivity index (χ4v) is 2.19. The molecule has 21 heavy (non-hydrogen) atoms. The van der Waals surface area contributed by atoms with Crippen LogP contribution in [0.2, 0.25) is 0 Å². The van der Waals surface area contributed by atoms with E-state index < -0.39 is 0 Å². The van der Waals surface area contributed by atoms with Crippen molar-refractivity contribution in [1.82, 2.24) is 15.5 Å². The Morgan fingerprint density at radius 3 is 3.00 bits per heavy atom. The van der Waals surface area contributed by atoms with Gasteiger partial charge in [-0.1, -0.05) is 24.3 Å². The van der Waals surface area contributed by atoms with Crippen LogP contribution >= 0.6 is 0 Å². The Balaban J connectivity index is 1.78. The van der Waals surface area contributed by atoms with E-state index in [0.717, 1.165) is 16.5 Å².